The van der Waals surface area contributed by atoms with Crippen LogP contribution in [0.3, 0.4) is 0 Å². The lowest BCUT2D eigenvalue weighted by Crippen LogP contribution is -2.37. The standard InChI is InChI=1S/C16H14F2N6OS/c17-16(18)6-11(7-16)24-9-12(20-23-24)14(25)19-8-13-21-22-15(26-13)10-4-2-1-3-5-10/h1-5,9,11H,6-8H2,(H,19,25). The SMILES string of the molecule is O=C(NCc1nnc(-c2ccccc2)s1)c1cn(C2CC(F)(F)C2)nn1. The zero-order valence-corrected chi connectivity index (χ0v) is 14.3. The Hall–Kier alpha value is -2.75. The first kappa shape index (κ1) is 16.7. The van der Waals surface area contributed by atoms with Gasteiger partial charge in [-0.05, 0) is 0 Å². The molecule has 0 saturated heterocycles. The maximum atomic E-state index is 12.9. The Morgan fingerprint density at radius 3 is 2.73 bits per heavy atom. The van der Waals surface area contributed by atoms with Gasteiger partial charge in [0.2, 0.25) is 0 Å². The number of nitrogens with zero attached hydrogens (tertiary/aromatic N) is 5. The van der Waals surface area contributed by atoms with Gasteiger partial charge in [0.25, 0.3) is 11.8 Å². The smallest absolute Gasteiger partial charge is 0.273 e. The van der Waals surface area contributed by atoms with Crippen molar-refractivity contribution >= 4 is 17.2 Å². The minimum Gasteiger partial charge on any atom is -0.344 e. The van der Waals surface area contributed by atoms with Gasteiger partial charge in [0.05, 0.1) is 18.8 Å². The Morgan fingerprint density at radius 1 is 1.23 bits per heavy atom. The molecule has 1 aliphatic rings. The zero-order chi connectivity index (χ0) is 18.1. The summed E-state index contributed by atoms with van der Waals surface area (Å²) in [6.45, 7) is 0.206. The number of nitrogens with one attached hydrogen (secondary N) is 1. The molecule has 0 bridgehead atoms. The Bertz CT molecular complexity index is 918. The van der Waals surface area contributed by atoms with Crippen molar-refractivity contribution in [2.75, 3.05) is 0 Å². The van der Waals surface area contributed by atoms with E-state index in [-0.39, 0.29) is 25.1 Å². The molecular weight excluding hydrogens is 362 g/mol. The Labute approximate surface area is 151 Å². The highest BCUT2D eigenvalue weighted by atomic mass is 32.1. The van der Waals surface area contributed by atoms with Crippen LogP contribution in [0, 0.1) is 0 Å². The normalized spacial score (nSPS) is 16.2. The van der Waals surface area contributed by atoms with Crippen LogP contribution in [0.1, 0.15) is 34.4 Å². The first-order chi connectivity index (χ1) is 12.5. The highest BCUT2D eigenvalue weighted by Gasteiger charge is 2.47. The lowest BCUT2D eigenvalue weighted by Gasteiger charge is -2.34. The van der Waals surface area contributed by atoms with Gasteiger partial charge in [-0.25, -0.2) is 13.5 Å². The predicted molar refractivity (Wildman–Crippen MR) is 89.8 cm³/mol. The topological polar surface area (TPSA) is 85.6 Å². The van der Waals surface area contributed by atoms with Gasteiger partial charge in [-0.15, -0.1) is 15.3 Å². The van der Waals surface area contributed by atoms with Crippen LogP contribution in [-0.4, -0.2) is 37.0 Å². The molecule has 10 heteroatoms. The highest BCUT2D eigenvalue weighted by molar-refractivity contribution is 7.14. The van der Waals surface area contributed by atoms with Gasteiger partial charge >= 0.3 is 0 Å². The molecule has 4 rings (SSSR count). The van der Waals surface area contributed by atoms with Crippen LogP contribution < -0.4 is 5.32 Å². The van der Waals surface area contributed by atoms with E-state index in [4.69, 9.17) is 0 Å². The molecule has 1 fully saturated rings. The van der Waals surface area contributed by atoms with Crippen molar-refractivity contribution in [1.82, 2.24) is 30.5 Å². The number of amides is 1. The molecule has 0 radical (unpaired) electrons. The van der Waals surface area contributed by atoms with E-state index >= 15 is 0 Å². The van der Waals surface area contributed by atoms with E-state index in [1.165, 1.54) is 22.2 Å². The van der Waals surface area contributed by atoms with Crippen LogP contribution >= 0.6 is 11.3 Å². The van der Waals surface area contributed by atoms with Crippen molar-refractivity contribution in [1.29, 1.82) is 0 Å². The van der Waals surface area contributed by atoms with E-state index in [0.717, 1.165) is 10.6 Å². The minimum absolute atomic E-state index is 0.0908. The molecule has 1 amide bonds. The molecule has 0 unspecified atom stereocenters. The highest BCUT2D eigenvalue weighted by Crippen LogP contribution is 2.44. The van der Waals surface area contributed by atoms with Crippen molar-refractivity contribution in [3.05, 3.63) is 47.2 Å². The van der Waals surface area contributed by atoms with Gasteiger partial charge in [0.15, 0.2) is 5.69 Å². The second-order valence-corrected chi connectivity index (χ2v) is 7.11. The molecule has 134 valence electrons. The molecule has 0 aliphatic heterocycles. The van der Waals surface area contributed by atoms with Gasteiger partial charge in [-0.2, -0.15) is 0 Å². The van der Waals surface area contributed by atoms with Crippen LogP contribution in [0.2, 0.25) is 0 Å². The summed E-state index contributed by atoms with van der Waals surface area (Å²) >= 11 is 1.38. The molecule has 1 N–H and O–H groups in total. The Morgan fingerprint density at radius 2 is 2.00 bits per heavy atom. The zero-order valence-electron chi connectivity index (χ0n) is 13.5. The van der Waals surface area contributed by atoms with Crippen molar-refractivity contribution in [2.24, 2.45) is 0 Å². The number of rotatable bonds is 5. The van der Waals surface area contributed by atoms with Gasteiger partial charge in [0, 0.05) is 18.4 Å². The summed E-state index contributed by atoms with van der Waals surface area (Å²) in [7, 11) is 0. The monoisotopic (exact) mass is 376 g/mol. The first-order valence-corrected chi connectivity index (χ1v) is 8.77. The summed E-state index contributed by atoms with van der Waals surface area (Å²) in [6.07, 6.45) is 0.847. The van der Waals surface area contributed by atoms with Crippen LogP contribution in [0.4, 0.5) is 8.78 Å². The third-order valence-electron chi connectivity index (χ3n) is 4.07. The van der Waals surface area contributed by atoms with Crippen molar-refractivity contribution in [3.8, 4) is 10.6 Å². The molecule has 26 heavy (non-hydrogen) atoms. The maximum absolute atomic E-state index is 12.9. The Balaban J connectivity index is 1.35. The second-order valence-electron chi connectivity index (χ2n) is 6.05. The number of benzene rings is 1. The molecule has 0 spiro atoms. The van der Waals surface area contributed by atoms with Crippen molar-refractivity contribution in [2.45, 2.75) is 31.4 Å². The van der Waals surface area contributed by atoms with Crippen LogP contribution in [0.15, 0.2) is 36.5 Å². The number of hydrogen-bond donors (Lipinski definition) is 1. The molecule has 0 atom stereocenters. The van der Waals surface area contributed by atoms with E-state index in [1.807, 2.05) is 30.3 Å². The second kappa shape index (κ2) is 6.52. The molecular formula is C16H14F2N6OS. The summed E-state index contributed by atoms with van der Waals surface area (Å²) < 4.78 is 27.2. The number of carbonyl (C=O) groups is 1. The van der Waals surface area contributed by atoms with Gasteiger partial charge in [0.1, 0.15) is 10.0 Å². The summed E-state index contributed by atoms with van der Waals surface area (Å²) in [5, 5.41) is 19.8. The molecule has 2 aromatic heterocycles. The van der Waals surface area contributed by atoms with Crippen molar-refractivity contribution < 1.29 is 13.6 Å². The summed E-state index contributed by atoms with van der Waals surface area (Å²) in [5.74, 6) is -3.08. The third kappa shape index (κ3) is 3.45. The molecule has 1 aromatic carbocycles. The quantitative estimate of drug-likeness (QED) is 0.740. The average Bonchev–Trinajstić information content (AvgIpc) is 3.28. The third-order valence-corrected chi connectivity index (χ3v) is 5.05. The number of alkyl halides is 2. The van der Waals surface area contributed by atoms with E-state index < -0.39 is 17.9 Å². The summed E-state index contributed by atoms with van der Waals surface area (Å²) in [4.78, 5) is 12.1. The number of halogens is 2. The van der Waals surface area contributed by atoms with E-state index in [0.29, 0.717) is 5.01 Å². The molecule has 1 aliphatic carbocycles. The molecule has 1 saturated carbocycles. The van der Waals surface area contributed by atoms with Crippen molar-refractivity contribution in [3.63, 3.8) is 0 Å². The fourth-order valence-corrected chi connectivity index (χ4v) is 3.43. The van der Waals surface area contributed by atoms with Gasteiger partial charge in [-0.3, -0.25) is 4.79 Å². The largest absolute Gasteiger partial charge is 0.344 e. The van der Waals surface area contributed by atoms with Crippen LogP contribution in [0.5, 0.6) is 0 Å². The fourth-order valence-electron chi connectivity index (χ4n) is 2.64. The first-order valence-electron chi connectivity index (χ1n) is 7.96. The minimum atomic E-state index is -2.65. The lowest BCUT2D eigenvalue weighted by atomic mass is 9.88. The summed E-state index contributed by atoms with van der Waals surface area (Å²) in [6, 6.07) is 9.22. The number of carbonyl (C=O) groups excluding carboxylic acids is 1. The Kier molecular flexibility index (Phi) is 4.19. The molecule has 3 aromatic rings. The lowest BCUT2D eigenvalue weighted by molar-refractivity contribution is -0.107. The maximum Gasteiger partial charge on any atom is 0.273 e. The molecule has 2 heterocycles. The van der Waals surface area contributed by atoms with E-state index in [1.54, 1.807) is 0 Å². The average molecular weight is 376 g/mol. The molecule has 7 nitrogen and oxygen atoms in total. The van der Waals surface area contributed by atoms with Gasteiger partial charge in [-0.1, -0.05) is 46.9 Å². The number of aromatic nitrogens is 5. The predicted octanol–water partition coefficient (Wildman–Crippen LogP) is 2.70. The van der Waals surface area contributed by atoms with Crippen LogP contribution in [-0.2, 0) is 6.54 Å². The van der Waals surface area contributed by atoms with Gasteiger partial charge < -0.3 is 5.32 Å². The van der Waals surface area contributed by atoms with Crippen LogP contribution in [0.25, 0.3) is 10.6 Å². The van der Waals surface area contributed by atoms with E-state index in [9.17, 15) is 13.6 Å². The summed E-state index contributed by atoms with van der Waals surface area (Å²) in [5.41, 5.74) is 1.05. The van der Waals surface area contributed by atoms with E-state index in [2.05, 4.69) is 25.8 Å². The fraction of sp³-hybridized carbons (Fsp3) is 0.312. The number of hydrogen-bond acceptors (Lipinski definition) is 6.